The molecule has 1 aliphatic heterocycles. The summed E-state index contributed by atoms with van der Waals surface area (Å²) in [7, 11) is 0. The van der Waals surface area contributed by atoms with Crippen molar-refractivity contribution in [3.8, 4) is 0 Å². The SMILES string of the molecule is CCOC(=O)N1CCC(NCC(C)(O)C(=O)O)CC1. The monoisotopic (exact) mass is 274 g/mol. The van der Waals surface area contributed by atoms with E-state index < -0.39 is 11.6 Å². The first-order valence-electron chi connectivity index (χ1n) is 6.47. The lowest BCUT2D eigenvalue weighted by atomic mass is 10.0. The number of nitrogens with one attached hydrogen (secondary N) is 1. The van der Waals surface area contributed by atoms with Gasteiger partial charge in [-0.3, -0.25) is 0 Å². The minimum absolute atomic E-state index is 0.00753. The van der Waals surface area contributed by atoms with E-state index in [9.17, 15) is 14.7 Å². The Morgan fingerprint density at radius 1 is 1.42 bits per heavy atom. The van der Waals surface area contributed by atoms with Crippen molar-refractivity contribution in [3.05, 3.63) is 0 Å². The summed E-state index contributed by atoms with van der Waals surface area (Å²) in [5, 5.41) is 21.4. The number of ether oxygens (including phenoxy) is 1. The van der Waals surface area contributed by atoms with E-state index in [-0.39, 0.29) is 18.7 Å². The fourth-order valence-electron chi connectivity index (χ4n) is 1.90. The van der Waals surface area contributed by atoms with Crippen LogP contribution >= 0.6 is 0 Å². The van der Waals surface area contributed by atoms with Crippen molar-refractivity contribution < 1.29 is 24.5 Å². The van der Waals surface area contributed by atoms with Crippen LogP contribution in [0.1, 0.15) is 26.7 Å². The number of hydrogen-bond acceptors (Lipinski definition) is 5. The van der Waals surface area contributed by atoms with Gasteiger partial charge in [0, 0.05) is 25.7 Å². The molecule has 1 fully saturated rings. The molecular weight excluding hydrogens is 252 g/mol. The molecule has 0 saturated carbocycles. The number of carbonyl (C=O) groups is 2. The molecule has 7 heteroatoms. The Labute approximate surface area is 112 Å². The second-order valence-corrected chi connectivity index (χ2v) is 4.92. The van der Waals surface area contributed by atoms with Crippen molar-refractivity contribution in [2.75, 3.05) is 26.2 Å². The van der Waals surface area contributed by atoms with Crippen molar-refractivity contribution >= 4 is 12.1 Å². The van der Waals surface area contributed by atoms with Gasteiger partial charge in [-0.1, -0.05) is 0 Å². The second kappa shape index (κ2) is 6.72. The first-order chi connectivity index (χ1) is 8.86. The van der Waals surface area contributed by atoms with Crippen LogP contribution in [0.25, 0.3) is 0 Å². The van der Waals surface area contributed by atoms with Gasteiger partial charge in [0.2, 0.25) is 0 Å². The van der Waals surface area contributed by atoms with Crippen LogP contribution in [-0.4, -0.2) is 65.1 Å². The van der Waals surface area contributed by atoms with Gasteiger partial charge in [0.15, 0.2) is 5.60 Å². The van der Waals surface area contributed by atoms with E-state index in [1.165, 1.54) is 6.92 Å². The van der Waals surface area contributed by atoms with Gasteiger partial charge >= 0.3 is 12.1 Å². The summed E-state index contributed by atoms with van der Waals surface area (Å²) < 4.78 is 4.91. The van der Waals surface area contributed by atoms with Crippen LogP contribution in [0.3, 0.4) is 0 Å². The van der Waals surface area contributed by atoms with E-state index in [1.54, 1.807) is 11.8 Å². The number of amides is 1. The van der Waals surface area contributed by atoms with Gasteiger partial charge in [0.1, 0.15) is 0 Å². The molecule has 3 N–H and O–H groups in total. The molecule has 0 bridgehead atoms. The Morgan fingerprint density at radius 3 is 2.47 bits per heavy atom. The zero-order valence-corrected chi connectivity index (χ0v) is 11.4. The molecule has 1 unspecified atom stereocenters. The molecule has 110 valence electrons. The Morgan fingerprint density at radius 2 is 2.00 bits per heavy atom. The second-order valence-electron chi connectivity index (χ2n) is 4.92. The van der Waals surface area contributed by atoms with E-state index in [1.807, 2.05) is 0 Å². The molecule has 1 rings (SSSR count). The van der Waals surface area contributed by atoms with Crippen LogP contribution in [0.5, 0.6) is 0 Å². The molecule has 1 amide bonds. The molecule has 1 saturated heterocycles. The molecule has 0 aromatic rings. The number of carboxylic acid groups (broad SMARTS) is 1. The third kappa shape index (κ3) is 4.68. The third-order valence-corrected chi connectivity index (χ3v) is 3.22. The summed E-state index contributed by atoms with van der Waals surface area (Å²) >= 11 is 0. The van der Waals surface area contributed by atoms with Crippen LogP contribution in [0.15, 0.2) is 0 Å². The average Bonchev–Trinajstić information content (AvgIpc) is 2.37. The van der Waals surface area contributed by atoms with Crippen molar-refractivity contribution in [2.45, 2.75) is 38.3 Å². The third-order valence-electron chi connectivity index (χ3n) is 3.22. The molecular formula is C12H22N2O5. The average molecular weight is 274 g/mol. The number of nitrogens with zero attached hydrogens (tertiary/aromatic N) is 1. The molecule has 0 radical (unpaired) electrons. The molecule has 0 aromatic carbocycles. The topological polar surface area (TPSA) is 99.1 Å². The summed E-state index contributed by atoms with van der Waals surface area (Å²) in [6, 6.07) is 0.108. The highest BCUT2D eigenvalue weighted by Crippen LogP contribution is 2.12. The standard InChI is InChI=1S/C12H22N2O5/c1-3-19-11(17)14-6-4-9(5-7-14)13-8-12(2,18)10(15)16/h9,13,18H,3-8H2,1-2H3,(H,15,16). The number of likely N-dealkylation sites (tertiary alicyclic amines) is 1. The molecule has 1 heterocycles. The van der Waals surface area contributed by atoms with Crippen LogP contribution in [0.4, 0.5) is 4.79 Å². The van der Waals surface area contributed by atoms with Crippen molar-refractivity contribution in [3.63, 3.8) is 0 Å². The van der Waals surface area contributed by atoms with Gasteiger partial charge in [0.25, 0.3) is 0 Å². The zero-order valence-electron chi connectivity index (χ0n) is 11.4. The maximum Gasteiger partial charge on any atom is 0.409 e. The Kier molecular flexibility index (Phi) is 5.56. The van der Waals surface area contributed by atoms with Crippen molar-refractivity contribution in [1.29, 1.82) is 0 Å². The number of aliphatic hydroxyl groups is 1. The van der Waals surface area contributed by atoms with E-state index in [0.29, 0.717) is 32.5 Å². The predicted molar refractivity (Wildman–Crippen MR) is 67.9 cm³/mol. The number of piperidine rings is 1. The lowest BCUT2D eigenvalue weighted by Gasteiger charge is -2.32. The highest BCUT2D eigenvalue weighted by Gasteiger charge is 2.31. The van der Waals surface area contributed by atoms with Gasteiger partial charge < -0.3 is 25.2 Å². The van der Waals surface area contributed by atoms with Gasteiger partial charge in [-0.15, -0.1) is 0 Å². The minimum atomic E-state index is -1.77. The van der Waals surface area contributed by atoms with Crippen molar-refractivity contribution in [1.82, 2.24) is 10.2 Å². The Hall–Kier alpha value is -1.34. The summed E-state index contributed by atoms with van der Waals surface area (Å²) in [6.07, 6.45) is 1.13. The Bertz CT molecular complexity index is 324. The zero-order chi connectivity index (χ0) is 14.5. The van der Waals surface area contributed by atoms with E-state index >= 15 is 0 Å². The highest BCUT2D eigenvalue weighted by molar-refractivity contribution is 5.76. The van der Waals surface area contributed by atoms with Gasteiger partial charge in [0.05, 0.1) is 6.61 Å². The molecule has 7 nitrogen and oxygen atoms in total. The maximum atomic E-state index is 11.5. The van der Waals surface area contributed by atoms with Crippen LogP contribution < -0.4 is 5.32 Å². The van der Waals surface area contributed by atoms with Crippen molar-refractivity contribution in [2.24, 2.45) is 0 Å². The quantitative estimate of drug-likeness (QED) is 0.654. The van der Waals surface area contributed by atoms with E-state index in [2.05, 4.69) is 5.32 Å². The summed E-state index contributed by atoms with van der Waals surface area (Å²) in [6.45, 7) is 4.53. The first kappa shape index (κ1) is 15.7. The Balaban J connectivity index is 2.31. The van der Waals surface area contributed by atoms with Crippen LogP contribution in [-0.2, 0) is 9.53 Å². The predicted octanol–water partition coefficient (Wildman–Crippen LogP) is 0.0325. The normalized spacial score (nSPS) is 19.8. The fourth-order valence-corrected chi connectivity index (χ4v) is 1.90. The lowest BCUT2D eigenvalue weighted by Crippen LogP contribution is -2.51. The summed E-state index contributed by atoms with van der Waals surface area (Å²) in [5.41, 5.74) is -1.77. The number of aliphatic carboxylic acids is 1. The summed E-state index contributed by atoms with van der Waals surface area (Å²) in [4.78, 5) is 23.9. The maximum absolute atomic E-state index is 11.5. The van der Waals surface area contributed by atoms with Crippen LogP contribution in [0.2, 0.25) is 0 Å². The van der Waals surface area contributed by atoms with E-state index in [4.69, 9.17) is 9.84 Å². The highest BCUT2D eigenvalue weighted by atomic mass is 16.6. The van der Waals surface area contributed by atoms with E-state index in [0.717, 1.165) is 0 Å². The van der Waals surface area contributed by atoms with Gasteiger partial charge in [-0.05, 0) is 26.7 Å². The smallest absolute Gasteiger partial charge is 0.409 e. The molecule has 0 aromatic heterocycles. The summed E-state index contributed by atoms with van der Waals surface area (Å²) in [5.74, 6) is -1.25. The molecule has 1 aliphatic rings. The molecule has 0 aliphatic carbocycles. The number of hydrogen-bond donors (Lipinski definition) is 3. The van der Waals surface area contributed by atoms with Gasteiger partial charge in [-0.2, -0.15) is 0 Å². The minimum Gasteiger partial charge on any atom is -0.479 e. The molecule has 1 atom stereocenters. The fraction of sp³-hybridized carbons (Fsp3) is 0.833. The largest absolute Gasteiger partial charge is 0.479 e. The van der Waals surface area contributed by atoms with Crippen LogP contribution in [0, 0.1) is 0 Å². The number of carboxylic acids is 1. The lowest BCUT2D eigenvalue weighted by molar-refractivity contribution is -0.156. The number of carbonyl (C=O) groups excluding carboxylic acids is 1. The van der Waals surface area contributed by atoms with Gasteiger partial charge in [-0.25, -0.2) is 9.59 Å². The molecule has 19 heavy (non-hydrogen) atoms. The first-order valence-corrected chi connectivity index (χ1v) is 6.47. The molecule has 0 spiro atoms. The number of rotatable bonds is 5.